The van der Waals surface area contributed by atoms with Crippen LogP contribution in [0.3, 0.4) is 0 Å². The summed E-state index contributed by atoms with van der Waals surface area (Å²) in [6, 6.07) is 53.1. The number of fused-ring (bicyclic) bond motifs is 2. The Morgan fingerprint density at radius 2 is 0.855 bits per heavy atom. The molecule has 0 unspecified atom stereocenters. The van der Waals surface area contributed by atoms with Crippen molar-refractivity contribution in [1.82, 2.24) is 9.44 Å². The first kappa shape index (κ1) is 48.2. The maximum Gasteiger partial charge on any atom is 0.277 e. The van der Waals surface area contributed by atoms with E-state index >= 15 is 8.42 Å². The van der Waals surface area contributed by atoms with Crippen LogP contribution in [-0.2, 0) is 61.3 Å². The topological polar surface area (TPSA) is 132 Å². The van der Waals surface area contributed by atoms with E-state index in [-0.39, 0.29) is 26.4 Å². The highest BCUT2D eigenvalue weighted by Crippen LogP contribution is 2.43. The smallest absolute Gasteiger partial charge is 0.277 e. The molecule has 360 valence electrons. The van der Waals surface area contributed by atoms with Crippen LogP contribution in [0, 0.1) is 13.8 Å². The van der Waals surface area contributed by atoms with Crippen molar-refractivity contribution in [3.63, 3.8) is 0 Å². The Hall–Kier alpha value is -4.43. The average molecular weight is 989 g/mol. The molecule has 4 saturated heterocycles. The molecular weight excluding hydrogens is 933 g/mol. The summed E-state index contributed by atoms with van der Waals surface area (Å²) in [6.07, 6.45) is -5.79. The minimum Gasteiger partial charge on any atom is -0.369 e. The molecule has 0 aromatic heterocycles. The first-order valence-corrected chi connectivity index (χ1v) is 26.5. The first-order chi connectivity index (χ1) is 33.7. The van der Waals surface area contributed by atoms with E-state index in [9.17, 15) is 0 Å². The lowest BCUT2D eigenvalue weighted by atomic mass is 9.97. The van der Waals surface area contributed by atoms with E-state index in [2.05, 4.69) is 9.44 Å². The van der Waals surface area contributed by atoms with Crippen molar-refractivity contribution < 1.29 is 46.3 Å². The van der Waals surface area contributed by atoms with Gasteiger partial charge in [0.05, 0.1) is 38.5 Å². The van der Waals surface area contributed by atoms with Gasteiger partial charge in [0, 0.05) is 20.9 Å². The summed E-state index contributed by atoms with van der Waals surface area (Å²) >= 11 is 2.83. The minimum atomic E-state index is -4.50. The van der Waals surface area contributed by atoms with Crippen LogP contribution in [0.2, 0.25) is 0 Å². The fourth-order valence-electron chi connectivity index (χ4n) is 8.98. The van der Waals surface area contributed by atoms with Crippen LogP contribution in [0.15, 0.2) is 180 Å². The lowest BCUT2D eigenvalue weighted by Gasteiger charge is -2.50. The third-order valence-corrected chi connectivity index (χ3v) is 16.0. The number of benzene rings is 6. The van der Waals surface area contributed by atoms with Gasteiger partial charge in [0.25, 0.3) is 10.2 Å². The van der Waals surface area contributed by atoms with Crippen molar-refractivity contribution in [3.8, 4) is 0 Å². The molecule has 4 fully saturated rings. The van der Waals surface area contributed by atoms with E-state index in [1.54, 1.807) is 0 Å². The first-order valence-electron chi connectivity index (χ1n) is 23.2. The number of rotatable bonds is 16. The summed E-state index contributed by atoms with van der Waals surface area (Å²) in [5, 5.41) is 0. The van der Waals surface area contributed by atoms with Gasteiger partial charge in [-0.15, -0.1) is 0 Å². The van der Waals surface area contributed by atoms with Gasteiger partial charge in [0.1, 0.15) is 47.5 Å². The van der Waals surface area contributed by atoms with Crippen LogP contribution < -0.4 is 9.44 Å². The fourth-order valence-corrected chi connectivity index (χ4v) is 12.7. The molecule has 15 heteroatoms. The molecule has 0 bridgehead atoms. The summed E-state index contributed by atoms with van der Waals surface area (Å²) in [5.74, 6) is 0. The fraction of sp³-hybridized carbons (Fsp3) is 0.333. The molecule has 4 aliphatic heterocycles. The van der Waals surface area contributed by atoms with E-state index in [0.29, 0.717) is 0 Å². The van der Waals surface area contributed by atoms with E-state index < -0.39 is 82.4 Å². The van der Waals surface area contributed by atoms with Gasteiger partial charge >= 0.3 is 0 Å². The highest BCUT2D eigenvalue weighted by atomic mass is 32.2. The zero-order valence-electron chi connectivity index (χ0n) is 38.2. The molecule has 4 heterocycles. The van der Waals surface area contributed by atoms with Crippen LogP contribution in [0.1, 0.15) is 46.0 Å². The second-order valence-corrected chi connectivity index (χ2v) is 21.4. The normalized spacial score (nSPS) is 29.1. The molecule has 10 rings (SSSR count). The molecule has 0 radical (unpaired) electrons. The summed E-state index contributed by atoms with van der Waals surface area (Å²) in [7, 11) is -4.50. The standard InChI is InChI=1S/C54H56N2O10S3/c1-35-23-27-41(28-24-35)67-53-45(49(59-31-37-15-7-3-8-16-37)47-43(63-53)33-61-51(65-47)39-19-11-5-12-20-39)55-69(57,58)56-46-50(60-32-38-17-9-4-10-18-38)48-44(34-62-52(66-48)40-21-13-6-14-22-40)64-54(46)68-42-29-25-36(2)26-30-42/h3-30,43-56H,31-34H2,1-2H3/t43-,44-,45-,46-,47-,48-,49-,50-,51-,52-,53+,54+/m1/s1. The molecular formula is C54H56N2O10S3. The van der Waals surface area contributed by atoms with E-state index in [1.807, 2.05) is 184 Å². The van der Waals surface area contributed by atoms with Crippen molar-refractivity contribution in [2.24, 2.45) is 0 Å². The largest absolute Gasteiger partial charge is 0.369 e. The molecule has 0 aliphatic carbocycles. The predicted molar refractivity (Wildman–Crippen MR) is 264 cm³/mol. The number of ether oxygens (including phenoxy) is 8. The predicted octanol–water partition coefficient (Wildman–Crippen LogP) is 9.20. The van der Waals surface area contributed by atoms with Gasteiger partial charge < -0.3 is 37.9 Å². The average Bonchev–Trinajstić information content (AvgIpc) is 3.38. The number of hydrogen-bond acceptors (Lipinski definition) is 12. The molecule has 12 atom stereocenters. The van der Waals surface area contributed by atoms with Crippen LogP contribution in [0.5, 0.6) is 0 Å². The summed E-state index contributed by atoms with van der Waals surface area (Å²) in [4.78, 5) is 1.78. The van der Waals surface area contributed by atoms with Crippen LogP contribution in [0.4, 0.5) is 0 Å². The molecule has 0 amide bonds. The number of hydrogen-bond donors (Lipinski definition) is 2. The van der Waals surface area contributed by atoms with Gasteiger partial charge in [-0.25, -0.2) is 0 Å². The van der Waals surface area contributed by atoms with Gasteiger partial charge in [-0.2, -0.15) is 17.9 Å². The van der Waals surface area contributed by atoms with Crippen LogP contribution in [0.25, 0.3) is 0 Å². The maximum absolute atomic E-state index is 15.4. The maximum atomic E-state index is 15.4. The lowest BCUT2D eigenvalue weighted by Crippen LogP contribution is -2.70. The molecule has 0 spiro atoms. The zero-order chi connectivity index (χ0) is 47.2. The second-order valence-electron chi connectivity index (χ2n) is 17.6. The minimum absolute atomic E-state index is 0.189. The number of thioether (sulfide) groups is 2. The molecule has 0 saturated carbocycles. The van der Waals surface area contributed by atoms with Gasteiger partial charge in [-0.3, -0.25) is 0 Å². The SMILES string of the molecule is Cc1ccc(S[C@@H]2O[C@@H]3CO[C@@H](c4ccccc4)O[C@H]3[C@H](OCc3ccccc3)[C@H]2NS(=O)(=O)N[C@@H]2[C@@H](OCc3ccccc3)[C@@H]3O[C@H](c4ccccc4)OC[C@H]3O[C@H]2Sc2ccc(C)cc2)cc1. The van der Waals surface area contributed by atoms with Crippen molar-refractivity contribution in [1.29, 1.82) is 0 Å². The van der Waals surface area contributed by atoms with Crippen LogP contribution in [-0.4, -0.2) is 81.2 Å². The summed E-state index contributed by atoms with van der Waals surface area (Å²) in [6.45, 7) is 4.83. The monoisotopic (exact) mass is 988 g/mol. The molecule has 2 N–H and O–H groups in total. The van der Waals surface area contributed by atoms with Crippen LogP contribution >= 0.6 is 23.5 Å². The van der Waals surface area contributed by atoms with Crippen molar-refractivity contribution in [3.05, 3.63) is 203 Å². The van der Waals surface area contributed by atoms with Gasteiger partial charge in [-0.1, -0.05) is 180 Å². The molecule has 4 aliphatic rings. The van der Waals surface area contributed by atoms with Crippen molar-refractivity contribution in [2.75, 3.05) is 13.2 Å². The lowest BCUT2D eigenvalue weighted by molar-refractivity contribution is -0.312. The Bertz CT molecular complexity index is 2480. The van der Waals surface area contributed by atoms with E-state index in [4.69, 9.17) is 37.9 Å². The Balaban J connectivity index is 1.01. The highest BCUT2D eigenvalue weighted by molar-refractivity contribution is 8.00. The number of aryl methyl sites for hydroxylation is 2. The Labute approximate surface area is 412 Å². The zero-order valence-corrected chi connectivity index (χ0v) is 40.7. The quantitative estimate of drug-likeness (QED) is 0.0959. The summed E-state index contributed by atoms with van der Waals surface area (Å²) in [5.41, 5.74) is 4.11. The van der Waals surface area contributed by atoms with Gasteiger partial charge in [0.15, 0.2) is 12.6 Å². The molecule has 6 aromatic rings. The third kappa shape index (κ3) is 12.0. The third-order valence-electron chi connectivity index (χ3n) is 12.5. The van der Waals surface area contributed by atoms with Gasteiger partial charge in [0.2, 0.25) is 0 Å². The van der Waals surface area contributed by atoms with Crippen molar-refractivity contribution >= 4 is 33.7 Å². The van der Waals surface area contributed by atoms with Crippen molar-refractivity contribution in [2.45, 2.75) is 109 Å². The Morgan fingerprint density at radius 1 is 0.493 bits per heavy atom. The highest BCUT2D eigenvalue weighted by Gasteiger charge is 2.55. The van der Waals surface area contributed by atoms with E-state index in [1.165, 1.54) is 23.5 Å². The Morgan fingerprint density at radius 3 is 1.23 bits per heavy atom. The number of nitrogens with one attached hydrogen (secondary N) is 2. The molecule has 6 aromatic carbocycles. The van der Waals surface area contributed by atoms with E-state index in [0.717, 1.165) is 43.2 Å². The van der Waals surface area contributed by atoms with Gasteiger partial charge in [-0.05, 0) is 49.2 Å². The summed E-state index contributed by atoms with van der Waals surface area (Å²) < 4.78 is 90.6. The Kier molecular flexibility index (Phi) is 15.6. The molecule has 69 heavy (non-hydrogen) atoms. The second kappa shape index (κ2) is 22.3. The molecule has 12 nitrogen and oxygen atoms in total.